The molecular weight excluding hydrogens is 534 g/mol. The number of fused-ring (bicyclic) bond motifs is 1. The second-order valence-corrected chi connectivity index (χ2v) is 8.90. The summed E-state index contributed by atoms with van der Waals surface area (Å²) in [5.74, 6) is -1.38. The highest BCUT2D eigenvalue weighted by Gasteiger charge is 2.21. The van der Waals surface area contributed by atoms with Crippen LogP contribution in [0.3, 0.4) is 0 Å². The minimum atomic E-state index is -0.781. The highest BCUT2D eigenvalue weighted by Crippen LogP contribution is 2.31. The maximum absolute atomic E-state index is 15.1. The van der Waals surface area contributed by atoms with Crippen LogP contribution < -0.4 is 20.2 Å². The third-order valence-electron chi connectivity index (χ3n) is 6.42. The van der Waals surface area contributed by atoms with Crippen molar-refractivity contribution in [1.82, 2.24) is 14.5 Å². The predicted octanol–water partition coefficient (Wildman–Crippen LogP) is 5.30. The zero-order chi connectivity index (χ0) is 29.1. The summed E-state index contributed by atoms with van der Waals surface area (Å²) < 4.78 is 41.1. The number of rotatable bonds is 8. The molecule has 0 unspecified atom stereocenters. The molecule has 5 rings (SSSR count). The summed E-state index contributed by atoms with van der Waals surface area (Å²) in [5, 5.41) is 12.5. The lowest BCUT2D eigenvalue weighted by Gasteiger charge is -2.17. The second kappa shape index (κ2) is 11.5. The number of aliphatic hydroxyl groups is 1. The topological polar surface area (TPSA) is 116 Å². The van der Waals surface area contributed by atoms with Crippen molar-refractivity contribution in [3.63, 3.8) is 0 Å². The standard InChI is InChI=1S/C30H24F2N4O5/c1-3-36-15-21(29(38)27(24(36)16-37)17-4-6-18(31)7-5-17)30(39)35-19-8-9-25(22(32)12-19)41-26-10-11-33-23-13-20(40-2)14-34-28(23)26/h4-15,37H,3,16H2,1-2H3,(H,35,39). The first kappa shape index (κ1) is 27.4. The van der Waals surface area contributed by atoms with Crippen molar-refractivity contribution >= 4 is 22.6 Å². The van der Waals surface area contributed by atoms with E-state index in [4.69, 9.17) is 9.47 Å². The molecule has 3 heterocycles. The van der Waals surface area contributed by atoms with Gasteiger partial charge in [-0.05, 0) is 36.8 Å². The Labute approximate surface area is 232 Å². The Morgan fingerprint density at radius 1 is 1.05 bits per heavy atom. The van der Waals surface area contributed by atoms with Gasteiger partial charge in [-0.2, -0.15) is 0 Å². The van der Waals surface area contributed by atoms with E-state index in [0.717, 1.165) is 6.07 Å². The van der Waals surface area contributed by atoms with Crippen molar-refractivity contribution in [1.29, 1.82) is 0 Å². The molecule has 0 aliphatic heterocycles. The number of hydrogen-bond acceptors (Lipinski definition) is 7. The Bertz CT molecular complexity index is 1820. The van der Waals surface area contributed by atoms with Gasteiger partial charge in [0, 0.05) is 42.8 Å². The number of aryl methyl sites for hydroxylation is 1. The SMILES string of the molecule is CCn1cc(C(=O)Nc2ccc(Oc3ccnc4cc(OC)cnc34)c(F)c2)c(=O)c(-c2ccc(F)cc2)c1CO. The maximum atomic E-state index is 15.1. The summed E-state index contributed by atoms with van der Waals surface area (Å²) in [6, 6.07) is 12.2. The number of carbonyl (C=O) groups excluding carboxylic acids is 1. The Balaban J connectivity index is 1.44. The normalized spacial score (nSPS) is 11.0. The molecule has 2 aromatic carbocycles. The van der Waals surface area contributed by atoms with Crippen LogP contribution in [0.2, 0.25) is 0 Å². The van der Waals surface area contributed by atoms with Gasteiger partial charge in [0.15, 0.2) is 17.3 Å². The van der Waals surface area contributed by atoms with Crippen LogP contribution in [0, 0.1) is 11.6 Å². The van der Waals surface area contributed by atoms with E-state index in [1.165, 1.54) is 62.1 Å². The number of amides is 1. The number of ether oxygens (including phenoxy) is 2. The number of hydrogen-bond donors (Lipinski definition) is 2. The van der Waals surface area contributed by atoms with Gasteiger partial charge in [0.25, 0.3) is 5.91 Å². The van der Waals surface area contributed by atoms with E-state index in [1.54, 1.807) is 23.6 Å². The van der Waals surface area contributed by atoms with Crippen LogP contribution in [0.1, 0.15) is 23.0 Å². The zero-order valence-electron chi connectivity index (χ0n) is 22.0. The van der Waals surface area contributed by atoms with Crippen molar-refractivity contribution in [3.05, 3.63) is 106 Å². The quantitative estimate of drug-likeness (QED) is 0.266. The summed E-state index contributed by atoms with van der Waals surface area (Å²) in [6.45, 7) is 1.66. The van der Waals surface area contributed by atoms with Crippen molar-refractivity contribution in [3.8, 4) is 28.4 Å². The lowest BCUT2D eigenvalue weighted by Crippen LogP contribution is -2.27. The molecular formula is C30H24F2N4O5. The van der Waals surface area contributed by atoms with E-state index in [1.807, 2.05) is 0 Å². The van der Waals surface area contributed by atoms with Crippen molar-refractivity contribution in [2.45, 2.75) is 20.1 Å². The maximum Gasteiger partial charge on any atom is 0.261 e. The number of methoxy groups -OCH3 is 1. The average Bonchev–Trinajstić information content (AvgIpc) is 2.98. The van der Waals surface area contributed by atoms with Gasteiger partial charge in [-0.1, -0.05) is 12.1 Å². The fourth-order valence-electron chi connectivity index (χ4n) is 4.39. The molecule has 208 valence electrons. The van der Waals surface area contributed by atoms with Gasteiger partial charge in [-0.25, -0.2) is 13.8 Å². The van der Waals surface area contributed by atoms with Gasteiger partial charge < -0.3 is 24.5 Å². The molecule has 0 saturated heterocycles. The second-order valence-electron chi connectivity index (χ2n) is 8.90. The molecule has 1 amide bonds. The highest BCUT2D eigenvalue weighted by atomic mass is 19.1. The van der Waals surface area contributed by atoms with Crippen LogP contribution in [0.4, 0.5) is 14.5 Å². The largest absolute Gasteiger partial charge is 0.495 e. The minimum Gasteiger partial charge on any atom is -0.495 e. The van der Waals surface area contributed by atoms with E-state index in [-0.39, 0.29) is 34.0 Å². The summed E-state index contributed by atoms with van der Waals surface area (Å²) in [4.78, 5) is 35.1. The lowest BCUT2D eigenvalue weighted by molar-refractivity contribution is 0.102. The number of aliphatic hydroxyl groups excluding tert-OH is 1. The summed E-state index contributed by atoms with van der Waals surface area (Å²) in [7, 11) is 1.51. The number of anilines is 1. The average molecular weight is 559 g/mol. The van der Waals surface area contributed by atoms with Gasteiger partial charge in [-0.15, -0.1) is 0 Å². The van der Waals surface area contributed by atoms with Crippen molar-refractivity contribution in [2.75, 3.05) is 12.4 Å². The number of benzene rings is 2. The van der Waals surface area contributed by atoms with Gasteiger partial charge in [0.2, 0.25) is 5.43 Å². The van der Waals surface area contributed by atoms with E-state index >= 15 is 4.39 Å². The predicted molar refractivity (Wildman–Crippen MR) is 148 cm³/mol. The molecule has 0 spiro atoms. The smallest absolute Gasteiger partial charge is 0.261 e. The van der Waals surface area contributed by atoms with Crippen LogP contribution >= 0.6 is 0 Å². The first-order valence-corrected chi connectivity index (χ1v) is 12.5. The lowest BCUT2D eigenvalue weighted by atomic mass is 10.0. The molecule has 0 aliphatic rings. The number of nitrogens with one attached hydrogen (secondary N) is 1. The molecule has 0 saturated carbocycles. The van der Waals surface area contributed by atoms with Crippen molar-refractivity contribution < 1.29 is 28.2 Å². The number of nitrogens with zero attached hydrogens (tertiary/aromatic N) is 3. The molecule has 41 heavy (non-hydrogen) atoms. The Kier molecular flexibility index (Phi) is 7.70. The first-order valence-electron chi connectivity index (χ1n) is 12.5. The molecule has 2 N–H and O–H groups in total. The first-order chi connectivity index (χ1) is 19.8. The summed E-state index contributed by atoms with van der Waals surface area (Å²) >= 11 is 0. The Morgan fingerprint density at radius 3 is 2.51 bits per heavy atom. The molecule has 0 atom stereocenters. The molecule has 3 aromatic heterocycles. The third-order valence-corrected chi connectivity index (χ3v) is 6.42. The Morgan fingerprint density at radius 2 is 1.83 bits per heavy atom. The number of carbonyl (C=O) groups is 1. The Hall–Kier alpha value is -5.16. The van der Waals surface area contributed by atoms with E-state index in [2.05, 4.69) is 15.3 Å². The molecule has 0 radical (unpaired) electrons. The van der Waals surface area contributed by atoms with Crippen LogP contribution in [-0.2, 0) is 13.2 Å². The van der Waals surface area contributed by atoms with Gasteiger partial charge in [0.1, 0.15) is 22.6 Å². The van der Waals surface area contributed by atoms with Gasteiger partial charge in [0.05, 0.1) is 36.7 Å². The fourth-order valence-corrected chi connectivity index (χ4v) is 4.39. The minimum absolute atomic E-state index is 0.0766. The van der Waals surface area contributed by atoms with Crippen LogP contribution in [-0.4, -0.2) is 32.7 Å². The summed E-state index contributed by atoms with van der Waals surface area (Å²) in [5.41, 5.74) is 0.806. The van der Waals surface area contributed by atoms with Crippen LogP contribution in [0.15, 0.2) is 78.0 Å². The van der Waals surface area contributed by atoms with Gasteiger partial charge in [-0.3, -0.25) is 14.6 Å². The van der Waals surface area contributed by atoms with E-state index in [9.17, 15) is 19.1 Å². The number of aromatic nitrogens is 3. The number of halogens is 2. The zero-order valence-corrected chi connectivity index (χ0v) is 22.0. The molecule has 0 bridgehead atoms. The van der Waals surface area contributed by atoms with Gasteiger partial charge >= 0.3 is 0 Å². The molecule has 0 aliphatic carbocycles. The highest BCUT2D eigenvalue weighted by molar-refractivity contribution is 6.04. The van der Waals surface area contributed by atoms with Crippen LogP contribution in [0.5, 0.6) is 17.2 Å². The molecule has 9 nitrogen and oxygen atoms in total. The van der Waals surface area contributed by atoms with E-state index in [0.29, 0.717) is 28.9 Å². The summed E-state index contributed by atoms with van der Waals surface area (Å²) in [6.07, 6.45) is 4.32. The van der Waals surface area contributed by atoms with Crippen molar-refractivity contribution in [2.24, 2.45) is 0 Å². The molecule has 5 aromatic rings. The van der Waals surface area contributed by atoms with E-state index < -0.39 is 29.6 Å². The van der Waals surface area contributed by atoms with Crippen LogP contribution in [0.25, 0.3) is 22.2 Å². The molecule has 0 fully saturated rings. The third kappa shape index (κ3) is 5.48. The monoisotopic (exact) mass is 558 g/mol. The fraction of sp³-hybridized carbons (Fsp3) is 0.133. The molecule has 11 heteroatoms. The number of pyridine rings is 3.